The van der Waals surface area contributed by atoms with Gasteiger partial charge in [0, 0.05) is 30.9 Å². The third-order valence-corrected chi connectivity index (χ3v) is 5.52. The van der Waals surface area contributed by atoms with Gasteiger partial charge in [0.15, 0.2) is 0 Å². The van der Waals surface area contributed by atoms with Crippen LogP contribution in [0.4, 0.5) is 5.82 Å². The summed E-state index contributed by atoms with van der Waals surface area (Å²) in [6.45, 7) is 4.23. The summed E-state index contributed by atoms with van der Waals surface area (Å²) in [6, 6.07) is 9.12. The average molecular weight is 415 g/mol. The Morgan fingerprint density at radius 3 is 2.93 bits per heavy atom. The second-order valence-corrected chi connectivity index (χ2v) is 7.86. The number of nitrogens with zero attached hydrogens (tertiary/aromatic N) is 5. The third-order valence-electron chi connectivity index (χ3n) is 5.15. The van der Waals surface area contributed by atoms with Crippen molar-refractivity contribution >= 4 is 29.1 Å². The predicted octanol–water partition coefficient (Wildman–Crippen LogP) is 2.10. The summed E-state index contributed by atoms with van der Waals surface area (Å²) in [5.74, 6) is 1.40. The number of piperidine rings is 1. The fourth-order valence-electron chi connectivity index (χ4n) is 3.60. The number of rotatable bonds is 5. The summed E-state index contributed by atoms with van der Waals surface area (Å²) in [5, 5.41) is 7.59. The van der Waals surface area contributed by atoms with E-state index in [1.54, 1.807) is 12.3 Å². The molecule has 8 nitrogen and oxygen atoms in total. The molecule has 2 aromatic heterocycles. The number of carbonyl (C=O) groups excluding carboxylic acids is 1. The Kier molecular flexibility index (Phi) is 5.53. The van der Waals surface area contributed by atoms with Crippen molar-refractivity contribution < 1.29 is 4.79 Å². The molecule has 0 saturated carbocycles. The van der Waals surface area contributed by atoms with Gasteiger partial charge < -0.3 is 10.2 Å². The summed E-state index contributed by atoms with van der Waals surface area (Å²) in [6.07, 6.45) is 4.02. The summed E-state index contributed by atoms with van der Waals surface area (Å²) >= 11 is 6.10. The molecule has 29 heavy (non-hydrogen) atoms. The summed E-state index contributed by atoms with van der Waals surface area (Å²) < 4.78 is 2.49. The highest BCUT2D eigenvalue weighted by Crippen LogP contribution is 2.21. The largest absolute Gasteiger partial charge is 0.356 e. The minimum atomic E-state index is -0.390. The van der Waals surface area contributed by atoms with Crippen LogP contribution in [0.2, 0.25) is 5.02 Å². The second-order valence-electron chi connectivity index (χ2n) is 7.46. The normalized spacial score (nSPS) is 16.9. The number of amides is 1. The van der Waals surface area contributed by atoms with E-state index in [0.29, 0.717) is 16.7 Å². The van der Waals surface area contributed by atoms with Crippen molar-refractivity contribution in [1.82, 2.24) is 24.5 Å². The number of anilines is 1. The monoisotopic (exact) mass is 414 g/mol. The van der Waals surface area contributed by atoms with Gasteiger partial charge in [-0.25, -0.2) is 13.9 Å². The van der Waals surface area contributed by atoms with Gasteiger partial charge in [0.1, 0.15) is 12.4 Å². The molecule has 0 radical (unpaired) electrons. The molecule has 3 aromatic rings. The molecule has 1 amide bonds. The van der Waals surface area contributed by atoms with Crippen LogP contribution in [0.15, 0.2) is 41.3 Å². The molecule has 1 atom stereocenters. The Hall–Kier alpha value is -2.87. The zero-order valence-corrected chi connectivity index (χ0v) is 17.0. The topological polar surface area (TPSA) is 84.5 Å². The van der Waals surface area contributed by atoms with E-state index in [4.69, 9.17) is 11.6 Å². The lowest BCUT2D eigenvalue weighted by Crippen LogP contribution is -2.35. The molecule has 1 aromatic carbocycles. The van der Waals surface area contributed by atoms with E-state index in [9.17, 15) is 9.59 Å². The van der Waals surface area contributed by atoms with Crippen LogP contribution in [0.3, 0.4) is 0 Å². The highest BCUT2D eigenvalue weighted by Gasteiger charge is 2.19. The van der Waals surface area contributed by atoms with Gasteiger partial charge in [0.2, 0.25) is 5.91 Å². The number of benzene rings is 1. The lowest BCUT2D eigenvalue weighted by atomic mass is 10.0. The van der Waals surface area contributed by atoms with Crippen molar-refractivity contribution in [3.8, 4) is 0 Å². The van der Waals surface area contributed by atoms with Crippen LogP contribution >= 0.6 is 11.6 Å². The van der Waals surface area contributed by atoms with E-state index in [0.717, 1.165) is 35.6 Å². The standard InChI is InChI=1S/C20H23ClN6O2/c1-14-5-4-9-25(12-14)17-8-10-26-19(23-17)24-27(20(26)29)13-18(28)22-11-15-6-2-3-7-16(15)21/h2-3,6-8,10,14H,4-5,9,11-13H2,1H3,(H,22,28)/t14-/m1/s1. The quantitative estimate of drug-likeness (QED) is 0.691. The molecule has 1 saturated heterocycles. The number of fused-ring (bicyclic) bond motifs is 1. The lowest BCUT2D eigenvalue weighted by Gasteiger charge is -2.31. The van der Waals surface area contributed by atoms with E-state index in [1.165, 1.54) is 10.8 Å². The second kappa shape index (κ2) is 8.24. The number of hydrogen-bond acceptors (Lipinski definition) is 5. The van der Waals surface area contributed by atoms with Crippen LogP contribution in [0, 0.1) is 5.92 Å². The first-order valence-electron chi connectivity index (χ1n) is 9.72. The van der Waals surface area contributed by atoms with E-state index in [2.05, 4.69) is 27.2 Å². The molecule has 152 valence electrons. The maximum atomic E-state index is 12.5. The maximum Gasteiger partial charge on any atom is 0.352 e. The van der Waals surface area contributed by atoms with E-state index in [-0.39, 0.29) is 24.7 Å². The smallest absolute Gasteiger partial charge is 0.352 e. The summed E-state index contributed by atoms with van der Waals surface area (Å²) in [5.41, 5.74) is 0.422. The Morgan fingerprint density at radius 1 is 1.31 bits per heavy atom. The molecular formula is C20H23ClN6O2. The summed E-state index contributed by atoms with van der Waals surface area (Å²) in [4.78, 5) is 31.6. The van der Waals surface area contributed by atoms with Crippen molar-refractivity contribution in [3.05, 3.63) is 57.6 Å². The molecule has 0 bridgehead atoms. The predicted molar refractivity (Wildman–Crippen MR) is 111 cm³/mol. The fourth-order valence-corrected chi connectivity index (χ4v) is 3.80. The van der Waals surface area contributed by atoms with Crippen LogP contribution in [0.25, 0.3) is 5.78 Å². The molecule has 9 heteroatoms. The Balaban J connectivity index is 1.47. The Labute approximate surface area is 173 Å². The first-order valence-corrected chi connectivity index (χ1v) is 10.1. The molecule has 1 aliphatic heterocycles. The van der Waals surface area contributed by atoms with Crippen molar-refractivity contribution in [2.45, 2.75) is 32.9 Å². The van der Waals surface area contributed by atoms with Crippen LogP contribution in [-0.2, 0) is 17.9 Å². The Bertz CT molecular complexity index is 1090. The van der Waals surface area contributed by atoms with Crippen LogP contribution in [-0.4, -0.2) is 38.2 Å². The van der Waals surface area contributed by atoms with Crippen LogP contribution < -0.4 is 15.9 Å². The van der Waals surface area contributed by atoms with Gasteiger partial charge in [-0.3, -0.25) is 4.79 Å². The minimum Gasteiger partial charge on any atom is -0.356 e. The number of nitrogens with one attached hydrogen (secondary N) is 1. The van der Waals surface area contributed by atoms with Gasteiger partial charge in [0.25, 0.3) is 5.78 Å². The first-order chi connectivity index (χ1) is 14.0. The SMILES string of the molecule is C[C@@H]1CCCN(c2ccn3c(=O)n(CC(=O)NCc4ccccc4Cl)nc3n2)C1. The zero-order valence-electron chi connectivity index (χ0n) is 16.2. The van der Waals surface area contributed by atoms with Crippen molar-refractivity contribution in [1.29, 1.82) is 0 Å². The van der Waals surface area contributed by atoms with Crippen molar-refractivity contribution in [2.75, 3.05) is 18.0 Å². The zero-order chi connectivity index (χ0) is 20.4. The minimum absolute atomic E-state index is 0.178. The van der Waals surface area contributed by atoms with Crippen LogP contribution in [0.1, 0.15) is 25.3 Å². The fraction of sp³-hybridized carbons (Fsp3) is 0.400. The molecule has 0 aliphatic carbocycles. The number of carbonyl (C=O) groups is 1. The van der Waals surface area contributed by atoms with Crippen LogP contribution in [0.5, 0.6) is 0 Å². The Morgan fingerprint density at radius 2 is 2.14 bits per heavy atom. The molecule has 3 heterocycles. The highest BCUT2D eigenvalue weighted by atomic mass is 35.5. The number of aromatic nitrogens is 4. The molecule has 1 aliphatic rings. The van der Waals surface area contributed by atoms with Gasteiger partial charge in [-0.1, -0.05) is 36.7 Å². The van der Waals surface area contributed by atoms with E-state index < -0.39 is 0 Å². The van der Waals surface area contributed by atoms with Gasteiger partial charge in [-0.15, -0.1) is 5.10 Å². The molecule has 1 fully saturated rings. The molecule has 1 N–H and O–H groups in total. The van der Waals surface area contributed by atoms with Gasteiger partial charge >= 0.3 is 5.69 Å². The number of hydrogen-bond donors (Lipinski definition) is 1. The maximum absolute atomic E-state index is 12.5. The molecular weight excluding hydrogens is 392 g/mol. The van der Waals surface area contributed by atoms with Crippen molar-refractivity contribution in [3.63, 3.8) is 0 Å². The van der Waals surface area contributed by atoms with Gasteiger partial charge in [-0.2, -0.15) is 4.98 Å². The lowest BCUT2D eigenvalue weighted by molar-refractivity contribution is -0.122. The first kappa shape index (κ1) is 19.4. The molecule has 0 spiro atoms. The van der Waals surface area contributed by atoms with E-state index >= 15 is 0 Å². The molecule has 4 rings (SSSR count). The number of halogens is 1. The summed E-state index contributed by atoms with van der Waals surface area (Å²) in [7, 11) is 0. The van der Waals surface area contributed by atoms with Gasteiger partial charge in [-0.05, 0) is 36.5 Å². The van der Waals surface area contributed by atoms with Crippen molar-refractivity contribution in [2.24, 2.45) is 5.92 Å². The highest BCUT2D eigenvalue weighted by molar-refractivity contribution is 6.31. The third kappa shape index (κ3) is 4.27. The molecule has 0 unspecified atom stereocenters. The average Bonchev–Trinajstić information content (AvgIpc) is 3.02. The van der Waals surface area contributed by atoms with E-state index in [1.807, 2.05) is 24.3 Å². The van der Waals surface area contributed by atoms with Gasteiger partial charge in [0.05, 0.1) is 0 Å².